The van der Waals surface area contributed by atoms with E-state index < -0.39 is 17.7 Å². The van der Waals surface area contributed by atoms with Gasteiger partial charge in [-0.15, -0.1) is 0 Å². The lowest BCUT2D eigenvalue weighted by Crippen LogP contribution is -2.25. The smallest absolute Gasteiger partial charge is 0.417 e. The summed E-state index contributed by atoms with van der Waals surface area (Å²) in [7, 11) is 0. The summed E-state index contributed by atoms with van der Waals surface area (Å²) >= 11 is 3.44. The van der Waals surface area contributed by atoms with Crippen molar-refractivity contribution in [3.63, 3.8) is 0 Å². The number of carbonyl (C=O) groups excluding carboxylic acids is 1. The minimum atomic E-state index is -4.43. The fourth-order valence-electron chi connectivity index (χ4n) is 3.13. The van der Waals surface area contributed by atoms with Crippen LogP contribution in [0.2, 0.25) is 0 Å². The second kappa shape index (κ2) is 9.51. The average Bonchev–Trinajstić information content (AvgIpc) is 3.14. The van der Waals surface area contributed by atoms with Gasteiger partial charge in [0.15, 0.2) is 0 Å². The quantitative estimate of drug-likeness (QED) is 0.421. The topological polar surface area (TPSA) is 51.7 Å². The molecule has 9 heteroatoms. The third kappa shape index (κ3) is 5.75. The second-order valence-electron chi connectivity index (χ2n) is 6.65. The van der Waals surface area contributed by atoms with Gasteiger partial charge in [-0.1, -0.05) is 15.9 Å². The first kappa shape index (κ1) is 22.1. The SMILES string of the molecule is CCOC(=O)/C=C/c1cc(Br)ccc1N1CCC(Oc2ccc(C(F)(F)F)cn2)C1. The van der Waals surface area contributed by atoms with Gasteiger partial charge in [-0.2, -0.15) is 13.2 Å². The van der Waals surface area contributed by atoms with Gasteiger partial charge in [0.05, 0.1) is 18.7 Å². The summed E-state index contributed by atoms with van der Waals surface area (Å²) in [6, 6.07) is 7.94. The van der Waals surface area contributed by atoms with E-state index in [1.165, 1.54) is 12.1 Å². The van der Waals surface area contributed by atoms with Gasteiger partial charge in [-0.3, -0.25) is 0 Å². The summed E-state index contributed by atoms with van der Waals surface area (Å²) in [5.41, 5.74) is 0.951. The lowest BCUT2D eigenvalue weighted by atomic mass is 10.1. The van der Waals surface area contributed by atoms with Crippen LogP contribution in [-0.2, 0) is 15.7 Å². The Hall–Kier alpha value is -2.55. The molecule has 1 fully saturated rings. The molecule has 0 radical (unpaired) electrons. The molecule has 1 atom stereocenters. The van der Waals surface area contributed by atoms with E-state index in [1.807, 2.05) is 18.2 Å². The van der Waals surface area contributed by atoms with Crippen LogP contribution < -0.4 is 9.64 Å². The zero-order valence-electron chi connectivity index (χ0n) is 16.2. The molecule has 5 nitrogen and oxygen atoms in total. The second-order valence-corrected chi connectivity index (χ2v) is 7.56. The summed E-state index contributed by atoms with van der Waals surface area (Å²) in [5, 5.41) is 0. The van der Waals surface area contributed by atoms with Crippen LogP contribution >= 0.6 is 15.9 Å². The standard InChI is InChI=1S/C21H20BrF3N2O3/c1-2-29-20(28)8-3-14-11-16(22)5-6-18(14)27-10-9-17(13-27)30-19-7-4-15(12-26-19)21(23,24)25/h3-8,11-12,17H,2,9-10,13H2,1H3/b8-3+. The van der Waals surface area contributed by atoms with E-state index in [-0.39, 0.29) is 12.0 Å². The average molecular weight is 485 g/mol. The van der Waals surface area contributed by atoms with Gasteiger partial charge >= 0.3 is 12.1 Å². The van der Waals surface area contributed by atoms with Gasteiger partial charge in [0.1, 0.15) is 6.10 Å². The van der Waals surface area contributed by atoms with Gasteiger partial charge in [0, 0.05) is 41.5 Å². The Labute approximate surface area is 180 Å². The Morgan fingerprint density at radius 1 is 1.33 bits per heavy atom. The Morgan fingerprint density at radius 3 is 2.80 bits per heavy atom. The highest BCUT2D eigenvalue weighted by molar-refractivity contribution is 9.10. The van der Waals surface area contributed by atoms with Crippen molar-refractivity contribution in [2.45, 2.75) is 25.6 Å². The number of carbonyl (C=O) groups is 1. The number of pyridine rings is 1. The number of ether oxygens (including phenoxy) is 2. The molecule has 2 aromatic rings. The maximum absolute atomic E-state index is 12.7. The molecule has 1 aliphatic heterocycles. The van der Waals surface area contributed by atoms with Crippen LogP contribution in [0.3, 0.4) is 0 Å². The number of hydrogen-bond donors (Lipinski definition) is 0. The Bertz CT molecular complexity index is 917. The van der Waals surface area contributed by atoms with Crippen LogP contribution in [0.25, 0.3) is 6.08 Å². The van der Waals surface area contributed by atoms with Crippen molar-refractivity contribution in [3.8, 4) is 5.88 Å². The van der Waals surface area contributed by atoms with Crippen LogP contribution in [0, 0.1) is 0 Å². The Balaban J connectivity index is 1.68. The van der Waals surface area contributed by atoms with E-state index in [0.717, 1.165) is 28.0 Å². The fourth-order valence-corrected chi connectivity index (χ4v) is 3.51. The number of hydrogen-bond acceptors (Lipinski definition) is 5. The van der Waals surface area contributed by atoms with Crippen molar-refractivity contribution in [3.05, 3.63) is 58.2 Å². The van der Waals surface area contributed by atoms with Crippen LogP contribution in [0.5, 0.6) is 5.88 Å². The molecular weight excluding hydrogens is 465 g/mol. The maximum Gasteiger partial charge on any atom is 0.417 e. The number of alkyl halides is 3. The molecule has 1 unspecified atom stereocenters. The Morgan fingerprint density at radius 2 is 2.13 bits per heavy atom. The molecule has 0 saturated carbocycles. The molecule has 1 saturated heterocycles. The molecule has 0 aliphatic carbocycles. The van der Waals surface area contributed by atoms with Gasteiger partial charge in [0.2, 0.25) is 5.88 Å². The summed E-state index contributed by atoms with van der Waals surface area (Å²) in [6.45, 7) is 3.29. The molecule has 1 aromatic heterocycles. The highest BCUT2D eigenvalue weighted by Crippen LogP contribution is 2.31. The molecule has 1 aliphatic rings. The number of aromatic nitrogens is 1. The molecule has 0 amide bonds. The third-order valence-electron chi connectivity index (χ3n) is 4.51. The zero-order chi connectivity index (χ0) is 21.7. The first-order valence-corrected chi connectivity index (χ1v) is 10.1. The zero-order valence-corrected chi connectivity index (χ0v) is 17.7. The largest absolute Gasteiger partial charge is 0.472 e. The van der Waals surface area contributed by atoms with E-state index in [4.69, 9.17) is 9.47 Å². The van der Waals surface area contributed by atoms with Gasteiger partial charge < -0.3 is 14.4 Å². The van der Waals surface area contributed by atoms with Gasteiger partial charge in [-0.25, -0.2) is 9.78 Å². The van der Waals surface area contributed by atoms with E-state index in [1.54, 1.807) is 13.0 Å². The van der Waals surface area contributed by atoms with Crippen LogP contribution in [-0.4, -0.2) is 36.8 Å². The van der Waals surface area contributed by atoms with Crippen molar-refractivity contribution in [2.75, 3.05) is 24.6 Å². The van der Waals surface area contributed by atoms with Gasteiger partial charge in [0.25, 0.3) is 0 Å². The van der Waals surface area contributed by atoms with E-state index in [0.29, 0.717) is 26.1 Å². The van der Waals surface area contributed by atoms with E-state index >= 15 is 0 Å². The summed E-state index contributed by atoms with van der Waals surface area (Å²) in [4.78, 5) is 17.5. The number of halogens is 4. The number of rotatable bonds is 6. The minimum Gasteiger partial charge on any atom is -0.472 e. The fraction of sp³-hybridized carbons (Fsp3) is 0.333. The van der Waals surface area contributed by atoms with Crippen LogP contribution in [0.15, 0.2) is 47.1 Å². The summed E-state index contributed by atoms with van der Waals surface area (Å²) in [5.74, 6) is -0.257. The predicted molar refractivity (Wildman–Crippen MR) is 110 cm³/mol. The van der Waals surface area contributed by atoms with Crippen molar-refractivity contribution in [2.24, 2.45) is 0 Å². The van der Waals surface area contributed by atoms with Crippen molar-refractivity contribution >= 4 is 33.7 Å². The van der Waals surface area contributed by atoms with Gasteiger partial charge in [-0.05, 0) is 42.8 Å². The molecule has 0 N–H and O–H groups in total. The maximum atomic E-state index is 12.7. The normalized spacial score (nSPS) is 16.8. The van der Waals surface area contributed by atoms with Crippen LogP contribution in [0.1, 0.15) is 24.5 Å². The molecule has 1 aromatic carbocycles. The number of nitrogens with zero attached hydrogens (tertiary/aromatic N) is 2. The molecule has 2 heterocycles. The van der Waals surface area contributed by atoms with E-state index in [2.05, 4.69) is 25.8 Å². The summed E-state index contributed by atoms with van der Waals surface area (Å²) in [6.07, 6.45) is -0.0893. The lowest BCUT2D eigenvalue weighted by molar-refractivity contribution is -0.138. The highest BCUT2D eigenvalue weighted by atomic mass is 79.9. The first-order chi connectivity index (χ1) is 14.3. The molecule has 0 bridgehead atoms. The summed E-state index contributed by atoms with van der Waals surface area (Å²) < 4.78 is 49.5. The van der Waals surface area contributed by atoms with Crippen molar-refractivity contribution in [1.82, 2.24) is 4.98 Å². The number of anilines is 1. The van der Waals surface area contributed by atoms with Crippen LogP contribution in [0.4, 0.5) is 18.9 Å². The molecular formula is C21H20BrF3N2O3. The minimum absolute atomic E-state index is 0.160. The van der Waals surface area contributed by atoms with E-state index in [9.17, 15) is 18.0 Å². The van der Waals surface area contributed by atoms with Crippen molar-refractivity contribution in [1.29, 1.82) is 0 Å². The molecule has 3 rings (SSSR count). The lowest BCUT2D eigenvalue weighted by Gasteiger charge is -2.21. The number of benzene rings is 1. The highest BCUT2D eigenvalue weighted by Gasteiger charge is 2.31. The monoisotopic (exact) mass is 484 g/mol. The predicted octanol–water partition coefficient (Wildman–Crippen LogP) is 5.10. The van der Waals surface area contributed by atoms with Crippen molar-refractivity contribution < 1.29 is 27.4 Å². The number of esters is 1. The molecule has 160 valence electrons. The molecule has 30 heavy (non-hydrogen) atoms. The third-order valence-corrected chi connectivity index (χ3v) is 5.01. The Kier molecular flexibility index (Phi) is 7.02. The first-order valence-electron chi connectivity index (χ1n) is 9.35. The molecule has 0 spiro atoms.